The second-order valence-electron chi connectivity index (χ2n) is 7.55. The number of aromatic nitrogens is 2. The van der Waals surface area contributed by atoms with Gasteiger partial charge in [0, 0.05) is 31.8 Å². The van der Waals surface area contributed by atoms with Crippen molar-refractivity contribution in [1.29, 1.82) is 0 Å². The molecule has 0 spiro atoms. The molecule has 0 bridgehead atoms. The van der Waals surface area contributed by atoms with E-state index in [9.17, 15) is 9.59 Å². The van der Waals surface area contributed by atoms with Crippen LogP contribution in [0.4, 0.5) is 4.79 Å². The van der Waals surface area contributed by atoms with Gasteiger partial charge in [-0.15, -0.1) is 0 Å². The molecule has 0 atom stereocenters. The van der Waals surface area contributed by atoms with Crippen LogP contribution >= 0.6 is 0 Å². The number of ether oxygens (including phenoxy) is 3. The second-order valence-corrected chi connectivity index (χ2v) is 7.55. The summed E-state index contributed by atoms with van der Waals surface area (Å²) >= 11 is 0. The minimum absolute atomic E-state index is 0.169. The minimum atomic E-state index is -0.295. The zero-order valence-electron chi connectivity index (χ0n) is 19.2. The van der Waals surface area contributed by atoms with Crippen molar-refractivity contribution < 1.29 is 19.0 Å². The first-order valence-corrected chi connectivity index (χ1v) is 10.1. The smallest absolute Gasteiger partial charge is 0.316 e. The van der Waals surface area contributed by atoms with E-state index in [4.69, 9.17) is 14.2 Å². The number of benzene rings is 2. The van der Waals surface area contributed by atoms with E-state index in [0.29, 0.717) is 41.4 Å². The van der Waals surface area contributed by atoms with E-state index >= 15 is 0 Å². The maximum atomic E-state index is 12.8. The number of amides is 2. The van der Waals surface area contributed by atoms with Crippen molar-refractivity contribution in [2.24, 2.45) is 0 Å². The molecule has 0 fully saturated rings. The van der Waals surface area contributed by atoms with Crippen molar-refractivity contribution in [3.05, 3.63) is 45.7 Å². The van der Waals surface area contributed by atoms with Crippen LogP contribution in [0.2, 0.25) is 0 Å². The van der Waals surface area contributed by atoms with Crippen LogP contribution in [0.25, 0.3) is 22.3 Å². The van der Waals surface area contributed by atoms with Gasteiger partial charge in [0.05, 0.1) is 26.3 Å². The third-order valence-corrected chi connectivity index (χ3v) is 4.97. The summed E-state index contributed by atoms with van der Waals surface area (Å²) in [5.74, 6) is 2.13. The van der Waals surface area contributed by atoms with Crippen LogP contribution in [0.3, 0.4) is 0 Å². The number of fused-ring (bicyclic) bond motifs is 1. The number of nitrogens with zero attached hydrogens (tertiary/aromatic N) is 2. The first-order chi connectivity index (χ1) is 15.2. The van der Waals surface area contributed by atoms with Gasteiger partial charge in [-0.1, -0.05) is 0 Å². The first kappa shape index (κ1) is 22.9. The molecule has 3 rings (SSSR count). The molecule has 2 aromatic carbocycles. The molecule has 0 aliphatic carbocycles. The maximum Gasteiger partial charge on any atom is 0.316 e. The van der Waals surface area contributed by atoms with Gasteiger partial charge < -0.3 is 29.4 Å². The Bertz CT molecular complexity index is 1180. The molecule has 1 aromatic heterocycles. The lowest BCUT2D eigenvalue weighted by Crippen LogP contribution is -2.36. The Labute approximate surface area is 186 Å². The molecule has 1 heterocycles. The van der Waals surface area contributed by atoms with Crippen LogP contribution in [0.1, 0.15) is 11.1 Å². The van der Waals surface area contributed by atoms with Crippen molar-refractivity contribution in [2.75, 3.05) is 41.5 Å². The number of methoxy groups -OCH3 is 2. The van der Waals surface area contributed by atoms with E-state index in [1.54, 1.807) is 33.3 Å². The standard InChI is InChI=1S/C23H28N4O5/c1-13-9-15(10-14(2)20(13)32-8-7-24-23(29)27(3)4)21-25-17-11-16(30-5)12-18(31-6)19(17)22(28)26-21/h9-12H,7-8H2,1-6H3,(H,24,29)(H,25,26,28). The lowest BCUT2D eigenvalue weighted by Gasteiger charge is -2.16. The van der Waals surface area contributed by atoms with Gasteiger partial charge in [0.1, 0.15) is 35.1 Å². The Balaban J connectivity index is 1.90. The van der Waals surface area contributed by atoms with E-state index in [2.05, 4.69) is 15.3 Å². The van der Waals surface area contributed by atoms with E-state index in [0.717, 1.165) is 22.4 Å². The Morgan fingerprint density at radius 1 is 1.09 bits per heavy atom. The molecule has 0 saturated carbocycles. The van der Waals surface area contributed by atoms with Gasteiger partial charge in [-0.2, -0.15) is 0 Å². The zero-order chi connectivity index (χ0) is 23.4. The van der Waals surface area contributed by atoms with Crippen molar-refractivity contribution in [1.82, 2.24) is 20.2 Å². The molecule has 0 aliphatic heterocycles. The monoisotopic (exact) mass is 440 g/mol. The highest BCUT2D eigenvalue weighted by molar-refractivity contribution is 5.87. The quantitative estimate of drug-likeness (QED) is 0.548. The van der Waals surface area contributed by atoms with Crippen molar-refractivity contribution in [3.8, 4) is 28.6 Å². The van der Waals surface area contributed by atoms with Crippen LogP contribution in [-0.2, 0) is 0 Å². The predicted molar refractivity (Wildman–Crippen MR) is 123 cm³/mol. The number of urea groups is 1. The molecular formula is C23H28N4O5. The molecule has 0 saturated heterocycles. The van der Waals surface area contributed by atoms with Gasteiger partial charge in [-0.25, -0.2) is 9.78 Å². The summed E-state index contributed by atoms with van der Waals surface area (Å²) in [6, 6.07) is 7.00. The molecule has 9 heteroatoms. The third-order valence-electron chi connectivity index (χ3n) is 4.97. The van der Waals surface area contributed by atoms with Crippen LogP contribution in [0, 0.1) is 13.8 Å². The number of nitrogens with one attached hydrogen (secondary N) is 2. The Morgan fingerprint density at radius 2 is 1.78 bits per heavy atom. The van der Waals surface area contributed by atoms with E-state index in [1.807, 2.05) is 26.0 Å². The number of rotatable bonds is 7. The predicted octanol–water partition coefficient (Wildman–Crippen LogP) is 2.87. The Kier molecular flexibility index (Phi) is 6.87. The summed E-state index contributed by atoms with van der Waals surface area (Å²) < 4.78 is 16.5. The van der Waals surface area contributed by atoms with Gasteiger partial charge in [0.2, 0.25) is 0 Å². The van der Waals surface area contributed by atoms with Gasteiger partial charge in [-0.3, -0.25) is 4.79 Å². The van der Waals surface area contributed by atoms with Crippen LogP contribution in [0.15, 0.2) is 29.1 Å². The van der Waals surface area contributed by atoms with Crippen molar-refractivity contribution in [3.63, 3.8) is 0 Å². The molecule has 32 heavy (non-hydrogen) atoms. The molecule has 9 nitrogen and oxygen atoms in total. The van der Waals surface area contributed by atoms with Crippen molar-refractivity contribution in [2.45, 2.75) is 13.8 Å². The highest BCUT2D eigenvalue weighted by atomic mass is 16.5. The topological polar surface area (TPSA) is 106 Å². The van der Waals surface area contributed by atoms with E-state index < -0.39 is 0 Å². The zero-order valence-corrected chi connectivity index (χ0v) is 19.2. The van der Waals surface area contributed by atoms with Crippen LogP contribution in [0.5, 0.6) is 17.2 Å². The van der Waals surface area contributed by atoms with Gasteiger partial charge >= 0.3 is 6.03 Å². The normalized spacial score (nSPS) is 10.7. The molecular weight excluding hydrogens is 412 g/mol. The van der Waals surface area contributed by atoms with Crippen LogP contribution < -0.4 is 25.1 Å². The lowest BCUT2D eigenvalue weighted by atomic mass is 10.0. The van der Waals surface area contributed by atoms with E-state index in [1.165, 1.54) is 12.0 Å². The second kappa shape index (κ2) is 9.59. The molecule has 0 aliphatic rings. The number of H-pyrrole nitrogens is 1. The molecule has 2 N–H and O–H groups in total. The summed E-state index contributed by atoms with van der Waals surface area (Å²) in [6.07, 6.45) is 0. The highest BCUT2D eigenvalue weighted by Crippen LogP contribution is 2.31. The maximum absolute atomic E-state index is 12.8. The van der Waals surface area contributed by atoms with Gasteiger partial charge in [0.15, 0.2) is 0 Å². The van der Waals surface area contributed by atoms with Gasteiger partial charge in [-0.05, 0) is 37.1 Å². The molecule has 3 aromatic rings. The average Bonchev–Trinajstić information content (AvgIpc) is 2.76. The summed E-state index contributed by atoms with van der Waals surface area (Å²) in [7, 11) is 6.41. The molecule has 170 valence electrons. The molecule has 2 amide bonds. The summed E-state index contributed by atoms with van der Waals surface area (Å²) in [4.78, 5) is 33.3. The molecule has 0 radical (unpaired) electrons. The van der Waals surface area contributed by atoms with Crippen molar-refractivity contribution >= 4 is 16.9 Å². The highest BCUT2D eigenvalue weighted by Gasteiger charge is 2.15. The van der Waals surface area contributed by atoms with Crippen LogP contribution in [-0.4, -0.2) is 62.4 Å². The molecule has 0 unspecified atom stereocenters. The fraction of sp³-hybridized carbons (Fsp3) is 0.348. The number of carbonyl (C=O) groups excluding carboxylic acids is 1. The van der Waals surface area contributed by atoms with Gasteiger partial charge in [0.25, 0.3) is 5.56 Å². The SMILES string of the molecule is COc1cc(OC)c2c(=O)[nH]c(-c3cc(C)c(OCCNC(=O)N(C)C)c(C)c3)nc2c1. The first-order valence-electron chi connectivity index (χ1n) is 10.1. The number of carbonyl (C=O) groups is 1. The summed E-state index contributed by atoms with van der Waals surface area (Å²) in [5.41, 5.74) is 2.73. The number of hydrogen-bond donors (Lipinski definition) is 2. The Morgan fingerprint density at radius 3 is 2.38 bits per heavy atom. The third kappa shape index (κ3) is 4.77. The lowest BCUT2D eigenvalue weighted by molar-refractivity contribution is 0.213. The minimum Gasteiger partial charge on any atom is -0.497 e. The number of aromatic amines is 1. The number of aryl methyl sites for hydroxylation is 2. The number of hydrogen-bond acceptors (Lipinski definition) is 6. The summed E-state index contributed by atoms with van der Waals surface area (Å²) in [5, 5.41) is 3.13. The largest absolute Gasteiger partial charge is 0.497 e. The fourth-order valence-electron chi connectivity index (χ4n) is 3.41. The fourth-order valence-corrected chi connectivity index (χ4v) is 3.41. The average molecular weight is 441 g/mol. The summed E-state index contributed by atoms with van der Waals surface area (Å²) in [6.45, 7) is 4.58. The van der Waals surface area contributed by atoms with E-state index in [-0.39, 0.29) is 11.6 Å². The Hall–Kier alpha value is -3.75.